The number of amides is 2. The van der Waals surface area contributed by atoms with Crippen LogP contribution in [-0.4, -0.2) is 66.9 Å². The summed E-state index contributed by atoms with van der Waals surface area (Å²) in [5.41, 5.74) is 3.10. The lowest BCUT2D eigenvalue weighted by molar-refractivity contribution is -0.215. The summed E-state index contributed by atoms with van der Waals surface area (Å²) in [6.45, 7) is 14.4. The van der Waals surface area contributed by atoms with E-state index in [2.05, 4.69) is 118 Å². The van der Waals surface area contributed by atoms with Gasteiger partial charge in [-0.05, 0) is 91.6 Å². The van der Waals surface area contributed by atoms with E-state index in [0.717, 1.165) is 90.8 Å². The smallest absolute Gasteiger partial charge is 0.255 e. The fraction of sp³-hybridized carbons (Fsp3) is 0.574. The lowest BCUT2D eigenvalue weighted by Gasteiger charge is -2.50. The number of ether oxygens (including phenoxy) is 2. The van der Waals surface area contributed by atoms with Crippen LogP contribution in [0.15, 0.2) is 60.9 Å². The molecule has 4 aliphatic heterocycles. The zero-order valence-corrected chi connectivity index (χ0v) is 35.3. The molecule has 4 saturated heterocycles. The molecule has 6 heterocycles. The highest BCUT2D eigenvalue weighted by atomic mass is 16.5. The summed E-state index contributed by atoms with van der Waals surface area (Å²) in [5, 5.41) is 17.0. The van der Waals surface area contributed by atoms with Crippen LogP contribution in [0.1, 0.15) is 130 Å². The standard InChI is InChI=1S/C47H62N6O5/c1-8-46(32-17-21-34(57-46)22-18-32)42(55)52-38(44(2,3)4)40-48-25-36(50-40)30-13-9-28(10-14-30)29-11-15-31(16-12-29)37-26-49-41(51-37)39(45(5,6)7)53-43(56)47(27-54)33-19-23-35(58-47)24-20-33/h9-16,25-26,32-35,38-39,54H,8,17-24,27H2,1-7H3,(H,48,50)(H,49,51)(H,52,55)(H,53,56)/t32?,33?,34?,35?,38-,39-,46?,47?/m1/s1. The van der Waals surface area contributed by atoms with Crippen LogP contribution in [-0.2, 0) is 19.1 Å². The Labute approximate surface area is 342 Å². The number of carbonyl (C=O) groups is 2. The van der Waals surface area contributed by atoms with Gasteiger partial charge < -0.3 is 35.2 Å². The second kappa shape index (κ2) is 15.4. The highest BCUT2D eigenvalue weighted by molar-refractivity contribution is 5.87. The number of aromatic nitrogens is 4. The van der Waals surface area contributed by atoms with E-state index in [4.69, 9.17) is 19.4 Å². The van der Waals surface area contributed by atoms with Crippen LogP contribution in [0.2, 0.25) is 0 Å². The molecule has 0 radical (unpaired) electrons. The Morgan fingerprint density at radius 1 is 0.655 bits per heavy atom. The summed E-state index contributed by atoms with van der Waals surface area (Å²) < 4.78 is 12.7. The Kier molecular flexibility index (Phi) is 10.7. The van der Waals surface area contributed by atoms with Crippen molar-refractivity contribution in [3.05, 3.63) is 72.6 Å². The van der Waals surface area contributed by atoms with E-state index in [-0.39, 0.29) is 59.3 Å². The molecule has 58 heavy (non-hydrogen) atoms. The van der Waals surface area contributed by atoms with Crippen LogP contribution < -0.4 is 10.6 Å². The number of H-pyrrole nitrogens is 2. The average molecular weight is 791 g/mol. The quantitative estimate of drug-likeness (QED) is 0.102. The van der Waals surface area contributed by atoms with Crippen LogP contribution in [0, 0.1) is 22.7 Å². The fourth-order valence-corrected chi connectivity index (χ4v) is 10.2. The third-order valence-corrected chi connectivity index (χ3v) is 13.7. The first-order valence-electron chi connectivity index (χ1n) is 21.5. The Hall–Kier alpha value is -4.32. The van der Waals surface area contributed by atoms with Crippen LogP contribution in [0.5, 0.6) is 0 Å². The SMILES string of the molecule is CCC1(C(=O)N[C@H](c2nc(-c3ccc(-c4ccc(-c5c[nH]c([C@@H](NC(=O)C6(CO)OC7CCC6CC7)C(C)(C)C)n5)cc4)cc3)c[nH]2)C(C)(C)C)OC2CCC1CC2. The van der Waals surface area contributed by atoms with Crippen molar-refractivity contribution in [3.8, 4) is 33.6 Å². The van der Waals surface area contributed by atoms with E-state index in [1.165, 1.54) is 0 Å². The molecular weight excluding hydrogens is 729 g/mol. The first-order valence-corrected chi connectivity index (χ1v) is 21.5. The minimum atomic E-state index is -1.20. The van der Waals surface area contributed by atoms with Crippen molar-refractivity contribution in [2.24, 2.45) is 22.7 Å². The molecule has 4 aromatic rings. The Morgan fingerprint density at radius 2 is 1.02 bits per heavy atom. The molecule has 310 valence electrons. The molecule has 10 rings (SSSR count). The van der Waals surface area contributed by atoms with E-state index in [1.54, 1.807) is 0 Å². The second-order valence-electron chi connectivity index (χ2n) is 19.5. The Balaban J connectivity index is 0.944. The zero-order chi connectivity index (χ0) is 41.0. The van der Waals surface area contributed by atoms with Crippen LogP contribution in [0.3, 0.4) is 0 Å². The normalized spacial score (nSPS) is 27.9. The van der Waals surface area contributed by atoms with Crippen molar-refractivity contribution >= 4 is 11.8 Å². The predicted molar refractivity (Wildman–Crippen MR) is 224 cm³/mol. The van der Waals surface area contributed by atoms with Crippen molar-refractivity contribution in [1.29, 1.82) is 0 Å². The molecule has 2 aromatic heterocycles. The number of benzene rings is 2. The second-order valence-corrected chi connectivity index (χ2v) is 19.5. The van der Waals surface area contributed by atoms with Gasteiger partial charge in [-0.25, -0.2) is 9.97 Å². The first kappa shape index (κ1) is 40.5. The molecule has 2 unspecified atom stereocenters. The van der Waals surface area contributed by atoms with Gasteiger partial charge in [0.2, 0.25) is 0 Å². The number of imidazole rings is 2. The van der Waals surface area contributed by atoms with Crippen molar-refractivity contribution < 1.29 is 24.2 Å². The maximum Gasteiger partial charge on any atom is 0.255 e. The lowest BCUT2D eigenvalue weighted by atomic mass is 9.70. The summed E-state index contributed by atoms with van der Waals surface area (Å²) in [6, 6.07) is 16.0. The number of nitrogens with one attached hydrogen (secondary N) is 4. The predicted octanol–water partition coefficient (Wildman–Crippen LogP) is 8.60. The monoisotopic (exact) mass is 790 g/mol. The summed E-state index contributed by atoms with van der Waals surface area (Å²) in [4.78, 5) is 44.6. The molecule has 6 fully saturated rings. The average Bonchev–Trinajstić information content (AvgIpc) is 3.93. The number of aliphatic hydroxyl groups excluding tert-OH is 1. The summed E-state index contributed by atoms with van der Waals surface area (Å²) >= 11 is 0. The third-order valence-electron chi connectivity index (χ3n) is 13.7. The molecule has 11 nitrogen and oxygen atoms in total. The number of aromatic amines is 2. The highest BCUT2D eigenvalue weighted by Gasteiger charge is 2.55. The van der Waals surface area contributed by atoms with Crippen LogP contribution in [0.4, 0.5) is 0 Å². The van der Waals surface area contributed by atoms with Crippen molar-refractivity contribution in [3.63, 3.8) is 0 Å². The fourth-order valence-electron chi connectivity index (χ4n) is 10.2. The molecule has 4 bridgehead atoms. The third kappa shape index (κ3) is 7.43. The largest absolute Gasteiger partial charge is 0.393 e. The zero-order valence-electron chi connectivity index (χ0n) is 35.3. The van der Waals surface area contributed by atoms with E-state index in [1.807, 2.05) is 12.4 Å². The maximum absolute atomic E-state index is 14.0. The first-order chi connectivity index (χ1) is 27.6. The van der Waals surface area contributed by atoms with E-state index in [9.17, 15) is 14.7 Å². The number of aliphatic hydroxyl groups is 1. The molecule has 11 heteroatoms. The number of fused-ring (bicyclic) bond motifs is 6. The van der Waals surface area contributed by atoms with Gasteiger partial charge in [0.25, 0.3) is 11.8 Å². The van der Waals surface area contributed by atoms with Crippen LogP contribution in [0.25, 0.3) is 33.6 Å². The van der Waals surface area contributed by atoms with E-state index < -0.39 is 17.2 Å². The molecule has 2 aromatic carbocycles. The van der Waals surface area contributed by atoms with E-state index >= 15 is 0 Å². The molecular formula is C47H62N6O5. The minimum absolute atomic E-state index is 0.0143. The molecule has 2 amide bonds. The number of hydrogen-bond donors (Lipinski definition) is 5. The maximum atomic E-state index is 14.0. The number of hydrogen-bond acceptors (Lipinski definition) is 7. The van der Waals surface area contributed by atoms with Crippen molar-refractivity contribution in [1.82, 2.24) is 30.6 Å². The number of carbonyl (C=O) groups excluding carboxylic acids is 2. The van der Waals surface area contributed by atoms with E-state index in [0.29, 0.717) is 12.2 Å². The Morgan fingerprint density at radius 3 is 1.34 bits per heavy atom. The number of nitrogens with zero attached hydrogens (tertiary/aromatic N) is 2. The summed E-state index contributed by atoms with van der Waals surface area (Å²) in [7, 11) is 0. The Bertz CT molecular complexity index is 1930. The van der Waals surface area contributed by atoms with Gasteiger partial charge >= 0.3 is 0 Å². The molecule has 2 saturated carbocycles. The lowest BCUT2D eigenvalue weighted by Crippen LogP contribution is -2.63. The van der Waals surface area contributed by atoms with Crippen LogP contribution >= 0.6 is 0 Å². The van der Waals surface area contributed by atoms with Gasteiger partial charge in [0.1, 0.15) is 17.2 Å². The molecule has 4 atom stereocenters. The summed E-state index contributed by atoms with van der Waals surface area (Å²) in [5.74, 6) is 1.40. The van der Waals surface area contributed by atoms with Gasteiger partial charge in [-0.1, -0.05) is 97.0 Å². The van der Waals surface area contributed by atoms with Gasteiger partial charge in [-0.3, -0.25) is 9.59 Å². The molecule has 5 N–H and O–H groups in total. The van der Waals surface area contributed by atoms with Gasteiger partial charge in [-0.15, -0.1) is 0 Å². The van der Waals surface area contributed by atoms with Crippen molar-refractivity contribution in [2.45, 2.75) is 142 Å². The van der Waals surface area contributed by atoms with Gasteiger partial charge in [0.05, 0.1) is 42.3 Å². The highest BCUT2D eigenvalue weighted by Crippen LogP contribution is 2.48. The summed E-state index contributed by atoms with van der Waals surface area (Å²) in [6.07, 6.45) is 12.5. The number of rotatable bonds is 11. The van der Waals surface area contributed by atoms with Gasteiger partial charge in [0.15, 0.2) is 5.60 Å². The van der Waals surface area contributed by atoms with Gasteiger partial charge in [0, 0.05) is 23.5 Å². The minimum Gasteiger partial charge on any atom is -0.393 e. The van der Waals surface area contributed by atoms with Crippen molar-refractivity contribution in [2.75, 3.05) is 6.61 Å². The van der Waals surface area contributed by atoms with Gasteiger partial charge in [-0.2, -0.15) is 0 Å². The topological polar surface area (TPSA) is 154 Å². The molecule has 2 aliphatic carbocycles. The molecule has 0 spiro atoms. The molecule has 6 aliphatic rings.